The summed E-state index contributed by atoms with van der Waals surface area (Å²) in [7, 11) is 0. The van der Waals surface area contributed by atoms with Crippen LogP contribution in [-0.4, -0.2) is 17.5 Å². The fourth-order valence-corrected chi connectivity index (χ4v) is 3.35. The van der Waals surface area contributed by atoms with Gasteiger partial charge in [0.05, 0.1) is 0 Å². The highest BCUT2D eigenvalue weighted by Gasteiger charge is 2.21. The van der Waals surface area contributed by atoms with Gasteiger partial charge in [0.15, 0.2) is 5.17 Å². The summed E-state index contributed by atoms with van der Waals surface area (Å²) in [5, 5.41) is 8.67. The lowest BCUT2D eigenvalue weighted by Gasteiger charge is -2.21. The van der Waals surface area contributed by atoms with Crippen LogP contribution in [0.4, 0.5) is 10.1 Å². The van der Waals surface area contributed by atoms with Crippen LogP contribution in [0.5, 0.6) is 0 Å². The van der Waals surface area contributed by atoms with E-state index in [1.54, 1.807) is 11.8 Å². The molecule has 108 valence electrons. The van der Waals surface area contributed by atoms with Gasteiger partial charge in [-0.2, -0.15) is 0 Å². The van der Waals surface area contributed by atoms with Crippen molar-refractivity contribution in [2.24, 2.45) is 0 Å². The molecule has 1 saturated heterocycles. The summed E-state index contributed by atoms with van der Waals surface area (Å²) in [4.78, 5) is 2.07. The van der Waals surface area contributed by atoms with E-state index in [2.05, 4.69) is 30.0 Å². The molecule has 2 nitrogen and oxygen atoms in total. The average Bonchev–Trinajstić information content (AvgIpc) is 2.89. The molecule has 1 aliphatic heterocycles. The van der Waals surface area contributed by atoms with E-state index in [0.717, 1.165) is 30.0 Å². The van der Waals surface area contributed by atoms with Gasteiger partial charge in [-0.05, 0) is 48.2 Å². The van der Waals surface area contributed by atoms with Crippen molar-refractivity contribution in [3.63, 3.8) is 0 Å². The van der Waals surface area contributed by atoms with E-state index in [0.29, 0.717) is 5.17 Å². The van der Waals surface area contributed by atoms with Gasteiger partial charge in [-0.25, -0.2) is 4.39 Å². The first-order chi connectivity index (χ1) is 10.1. The molecule has 2 aromatic carbocycles. The predicted molar refractivity (Wildman–Crippen MR) is 87.9 cm³/mol. The smallest absolute Gasteiger partial charge is 0.160 e. The second kappa shape index (κ2) is 5.90. The van der Waals surface area contributed by atoms with Crippen LogP contribution in [0.15, 0.2) is 42.5 Å². The van der Waals surface area contributed by atoms with Gasteiger partial charge in [0.25, 0.3) is 0 Å². The SMILES string of the molecule is Cc1ccc(Cc2ccc(F)cc2)c(N2CCSC2=N)c1. The molecule has 21 heavy (non-hydrogen) atoms. The van der Waals surface area contributed by atoms with E-state index in [4.69, 9.17) is 5.41 Å². The van der Waals surface area contributed by atoms with Gasteiger partial charge in [0.1, 0.15) is 5.82 Å². The van der Waals surface area contributed by atoms with E-state index in [-0.39, 0.29) is 5.82 Å². The first kappa shape index (κ1) is 14.1. The number of hydrogen-bond acceptors (Lipinski definition) is 2. The van der Waals surface area contributed by atoms with E-state index < -0.39 is 0 Å². The Balaban J connectivity index is 1.94. The molecule has 0 radical (unpaired) electrons. The second-order valence-electron chi connectivity index (χ2n) is 5.24. The Bertz CT molecular complexity index is 667. The van der Waals surface area contributed by atoms with Crippen molar-refractivity contribution in [1.29, 1.82) is 5.41 Å². The number of nitrogens with one attached hydrogen (secondary N) is 1. The first-order valence-corrected chi connectivity index (χ1v) is 7.95. The number of amidine groups is 1. The van der Waals surface area contributed by atoms with Gasteiger partial charge < -0.3 is 4.90 Å². The molecule has 0 aliphatic carbocycles. The number of anilines is 1. The molecule has 4 heteroatoms. The molecule has 1 N–H and O–H groups in total. The van der Waals surface area contributed by atoms with Crippen LogP contribution >= 0.6 is 11.8 Å². The Morgan fingerprint density at radius 3 is 2.62 bits per heavy atom. The number of benzene rings is 2. The molecule has 0 bridgehead atoms. The number of nitrogens with zero attached hydrogens (tertiary/aromatic N) is 1. The minimum absolute atomic E-state index is 0.208. The maximum absolute atomic E-state index is 13.0. The van der Waals surface area contributed by atoms with E-state index in [9.17, 15) is 4.39 Å². The summed E-state index contributed by atoms with van der Waals surface area (Å²) in [6.07, 6.45) is 0.754. The Hall–Kier alpha value is -1.81. The lowest BCUT2D eigenvalue weighted by atomic mass is 10.0. The largest absolute Gasteiger partial charge is 0.320 e. The van der Waals surface area contributed by atoms with Crippen molar-refractivity contribution >= 4 is 22.6 Å². The number of halogens is 1. The molecule has 0 unspecified atom stereocenters. The molecule has 1 heterocycles. The molecule has 0 spiro atoms. The van der Waals surface area contributed by atoms with Crippen LogP contribution < -0.4 is 4.90 Å². The van der Waals surface area contributed by atoms with Gasteiger partial charge in [-0.3, -0.25) is 5.41 Å². The number of aryl methyl sites for hydroxylation is 1. The lowest BCUT2D eigenvalue weighted by Crippen LogP contribution is -2.24. The van der Waals surface area contributed by atoms with Crippen molar-refractivity contribution in [2.45, 2.75) is 13.3 Å². The molecule has 0 atom stereocenters. The maximum Gasteiger partial charge on any atom is 0.160 e. The highest BCUT2D eigenvalue weighted by Crippen LogP contribution is 2.30. The van der Waals surface area contributed by atoms with Crippen molar-refractivity contribution < 1.29 is 4.39 Å². The van der Waals surface area contributed by atoms with Gasteiger partial charge in [-0.15, -0.1) is 0 Å². The van der Waals surface area contributed by atoms with Gasteiger partial charge in [0.2, 0.25) is 0 Å². The van der Waals surface area contributed by atoms with Crippen molar-refractivity contribution in [2.75, 3.05) is 17.2 Å². The number of thioether (sulfide) groups is 1. The summed E-state index contributed by atoms with van der Waals surface area (Å²) >= 11 is 1.58. The van der Waals surface area contributed by atoms with Crippen LogP contribution in [0.3, 0.4) is 0 Å². The van der Waals surface area contributed by atoms with Crippen LogP contribution in [0.2, 0.25) is 0 Å². The van der Waals surface area contributed by atoms with Crippen molar-refractivity contribution in [3.8, 4) is 0 Å². The zero-order chi connectivity index (χ0) is 14.8. The van der Waals surface area contributed by atoms with Crippen molar-refractivity contribution in [3.05, 3.63) is 65.0 Å². The minimum atomic E-state index is -0.208. The molecule has 2 aromatic rings. The van der Waals surface area contributed by atoms with Crippen LogP contribution in [0.1, 0.15) is 16.7 Å². The number of hydrogen-bond donors (Lipinski definition) is 1. The molecule has 1 fully saturated rings. The Kier molecular flexibility index (Phi) is 3.97. The number of rotatable bonds is 3. The molecular formula is C17H17FN2S. The normalized spacial score (nSPS) is 14.8. The third-order valence-corrected chi connectivity index (χ3v) is 4.52. The quantitative estimate of drug-likeness (QED) is 0.919. The van der Waals surface area contributed by atoms with Crippen LogP contribution in [-0.2, 0) is 6.42 Å². The predicted octanol–water partition coefficient (Wildman–Crippen LogP) is 4.21. The minimum Gasteiger partial charge on any atom is -0.320 e. The zero-order valence-electron chi connectivity index (χ0n) is 11.9. The van der Waals surface area contributed by atoms with Crippen molar-refractivity contribution in [1.82, 2.24) is 0 Å². The topological polar surface area (TPSA) is 27.1 Å². The molecule has 3 rings (SSSR count). The highest BCUT2D eigenvalue weighted by atomic mass is 32.2. The summed E-state index contributed by atoms with van der Waals surface area (Å²) in [6.45, 7) is 2.95. The van der Waals surface area contributed by atoms with Gasteiger partial charge in [0, 0.05) is 18.0 Å². The first-order valence-electron chi connectivity index (χ1n) is 6.96. The molecule has 1 aliphatic rings. The van der Waals surface area contributed by atoms with E-state index >= 15 is 0 Å². The summed E-state index contributed by atoms with van der Waals surface area (Å²) < 4.78 is 13.0. The van der Waals surface area contributed by atoms with E-state index in [1.165, 1.54) is 23.3 Å². The molecule has 0 saturated carbocycles. The lowest BCUT2D eigenvalue weighted by molar-refractivity contribution is 0.627. The Morgan fingerprint density at radius 2 is 1.95 bits per heavy atom. The molecule has 0 amide bonds. The van der Waals surface area contributed by atoms with Gasteiger partial charge >= 0.3 is 0 Å². The molecule has 0 aromatic heterocycles. The molecular weight excluding hydrogens is 283 g/mol. The second-order valence-corrected chi connectivity index (χ2v) is 6.32. The zero-order valence-corrected chi connectivity index (χ0v) is 12.7. The third kappa shape index (κ3) is 3.10. The summed E-state index contributed by atoms with van der Waals surface area (Å²) in [5.74, 6) is 0.753. The monoisotopic (exact) mass is 300 g/mol. The standard InChI is InChI=1S/C17H17FN2S/c1-12-2-5-14(11-13-3-6-15(18)7-4-13)16(10-12)20-8-9-21-17(20)19/h2-7,10,19H,8-9,11H2,1H3. The maximum atomic E-state index is 13.0. The highest BCUT2D eigenvalue weighted by molar-refractivity contribution is 8.14. The summed E-state index contributed by atoms with van der Waals surface area (Å²) in [6, 6.07) is 13.0. The fraction of sp³-hybridized carbons (Fsp3) is 0.235. The van der Waals surface area contributed by atoms with Crippen LogP contribution in [0.25, 0.3) is 0 Å². The average molecular weight is 300 g/mol. The van der Waals surface area contributed by atoms with E-state index in [1.807, 2.05) is 12.1 Å². The van der Waals surface area contributed by atoms with Gasteiger partial charge in [-0.1, -0.05) is 36.0 Å². The Labute approximate surface area is 128 Å². The fourth-order valence-electron chi connectivity index (χ4n) is 2.54. The van der Waals surface area contributed by atoms with Crippen LogP contribution in [0, 0.1) is 18.2 Å². The Morgan fingerprint density at radius 1 is 1.19 bits per heavy atom. The third-order valence-electron chi connectivity index (χ3n) is 3.64. The summed E-state index contributed by atoms with van der Waals surface area (Å²) in [5.41, 5.74) is 4.56.